The van der Waals surface area contributed by atoms with Crippen LogP contribution in [0.3, 0.4) is 0 Å². The minimum Gasteiger partial charge on any atom is -0.486 e. The van der Waals surface area contributed by atoms with E-state index in [1.807, 2.05) is 0 Å². The Morgan fingerprint density at radius 3 is 2.52 bits per heavy atom. The van der Waals surface area contributed by atoms with Crippen molar-refractivity contribution in [3.63, 3.8) is 0 Å². The molecule has 1 amide bonds. The second kappa shape index (κ2) is 5.96. The van der Waals surface area contributed by atoms with Gasteiger partial charge in [-0.1, -0.05) is 6.07 Å². The molecule has 2 aromatic rings. The van der Waals surface area contributed by atoms with Crippen LogP contribution in [0, 0.1) is 0 Å². The third kappa shape index (κ3) is 3.12. The summed E-state index contributed by atoms with van der Waals surface area (Å²) in [7, 11) is -3.59. The van der Waals surface area contributed by atoms with Crippen molar-refractivity contribution in [1.29, 1.82) is 0 Å². The number of sulfone groups is 1. The van der Waals surface area contributed by atoms with Crippen molar-refractivity contribution >= 4 is 21.4 Å². The van der Waals surface area contributed by atoms with Gasteiger partial charge in [0.25, 0.3) is 5.91 Å². The van der Waals surface area contributed by atoms with E-state index in [1.165, 1.54) is 12.1 Å². The molecule has 0 aliphatic carbocycles. The van der Waals surface area contributed by atoms with Gasteiger partial charge in [-0.3, -0.25) is 4.79 Å². The van der Waals surface area contributed by atoms with E-state index in [0.29, 0.717) is 41.7 Å². The van der Waals surface area contributed by atoms with Crippen molar-refractivity contribution in [3.05, 3.63) is 42.0 Å². The number of ether oxygens (including phenoxy) is 3. The first-order valence-corrected chi connectivity index (χ1v) is 9.34. The average Bonchev–Trinajstić information content (AvgIpc) is 2.60. The number of amides is 1. The summed E-state index contributed by atoms with van der Waals surface area (Å²) in [5.74, 6) is 1.12. The molecular weight excluding hydrogens is 346 g/mol. The fourth-order valence-corrected chi connectivity index (χ4v) is 4.09. The monoisotopic (exact) mass is 361 g/mol. The van der Waals surface area contributed by atoms with Gasteiger partial charge in [-0.15, -0.1) is 0 Å². The molecule has 0 saturated heterocycles. The number of rotatable bonds is 3. The SMILES string of the molecule is O=C1COc2ccc(S(=O)(=O)Cc3ccc4c(c3)OCCO4)cc2N1. The van der Waals surface area contributed by atoms with Gasteiger partial charge in [-0.2, -0.15) is 0 Å². The number of carbonyl (C=O) groups excluding carboxylic acids is 1. The highest BCUT2D eigenvalue weighted by Crippen LogP contribution is 2.34. The van der Waals surface area contributed by atoms with Crippen LogP contribution in [0.5, 0.6) is 17.2 Å². The molecular formula is C17H15NO6S. The van der Waals surface area contributed by atoms with Crippen molar-refractivity contribution in [1.82, 2.24) is 0 Å². The molecule has 0 spiro atoms. The quantitative estimate of drug-likeness (QED) is 0.896. The lowest BCUT2D eigenvalue weighted by Crippen LogP contribution is -2.25. The van der Waals surface area contributed by atoms with Gasteiger partial charge in [0.05, 0.1) is 16.3 Å². The summed E-state index contributed by atoms with van der Waals surface area (Å²) in [5, 5.41) is 2.61. The summed E-state index contributed by atoms with van der Waals surface area (Å²) >= 11 is 0. The van der Waals surface area contributed by atoms with E-state index >= 15 is 0 Å². The Bertz CT molecular complexity index is 954. The van der Waals surface area contributed by atoms with Gasteiger partial charge in [0, 0.05) is 0 Å². The van der Waals surface area contributed by atoms with Crippen LogP contribution in [0.2, 0.25) is 0 Å². The molecule has 0 radical (unpaired) electrons. The van der Waals surface area contributed by atoms with Crippen LogP contribution < -0.4 is 19.5 Å². The molecule has 8 heteroatoms. The summed E-state index contributed by atoms with van der Waals surface area (Å²) < 4.78 is 41.6. The van der Waals surface area contributed by atoms with Crippen LogP contribution >= 0.6 is 0 Å². The van der Waals surface area contributed by atoms with Crippen molar-refractivity contribution < 1.29 is 27.4 Å². The second-order valence-electron chi connectivity index (χ2n) is 5.73. The molecule has 130 valence electrons. The van der Waals surface area contributed by atoms with Crippen LogP contribution in [0.25, 0.3) is 0 Å². The Kier molecular flexibility index (Phi) is 3.76. The largest absolute Gasteiger partial charge is 0.486 e. The first-order chi connectivity index (χ1) is 12.0. The van der Waals surface area contributed by atoms with Crippen LogP contribution in [-0.4, -0.2) is 34.1 Å². The zero-order chi connectivity index (χ0) is 17.4. The Labute approximate surface area is 144 Å². The van der Waals surface area contributed by atoms with Gasteiger partial charge >= 0.3 is 0 Å². The van der Waals surface area contributed by atoms with E-state index < -0.39 is 9.84 Å². The van der Waals surface area contributed by atoms with Gasteiger partial charge in [0.1, 0.15) is 19.0 Å². The fourth-order valence-electron chi connectivity index (χ4n) is 2.74. The summed E-state index contributed by atoms with van der Waals surface area (Å²) in [4.78, 5) is 11.5. The van der Waals surface area contributed by atoms with E-state index in [4.69, 9.17) is 14.2 Å². The number of nitrogens with one attached hydrogen (secondary N) is 1. The Morgan fingerprint density at radius 2 is 1.68 bits per heavy atom. The molecule has 0 saturated carbocycles. The van der Waals surface area contributed by atoms with Crippen molar-refractivity contribution in [3.8, 4) is 17.2 Å². The topological polar surface area (TPSA) is 90.9 Å². The lowest BCUT2D eigenvalue weighted by molar-refractivity contribution is -0.118. The smallest absolute Gasteiger partial charge is 0.262 e. The zero-order valence-corrected chi connectivity index (χ0v) is 14.0. The Hall–Kier alpha value is -2.74. The highest BCUT2D eigenvalue weighted by Gasteiger charge is 2.22. The summed E-state index contributed by atoms with van der Waals surface area (Å²) in [6.07, 6.45) is 0. The van der Waals surface area contributed by atoms with Gasteiger partial charge in [-0.25, -0.2) is 8.42 Å². The lowest BCUT2D eigenvalue weighted by atomic mass is 10.2. The van der Waals surface area contributed by atoms with Crippen LogP contribution in [-0.2, 0) is 20.4 Å². The third-order valence-corrected chi connectivity index (χ3v) is 5.59. The molecule has 4 rings (SSSR count). The number of hydrogen-bond donors (Lipinski definition) is 1. The normalized spacial score (nSPS) is 15.8. The number of carbonyl (C=O) groups is 1. The van der Waals surface area contributed by atoms with Crippen LogP contribution in [0.15, 0.2) is 41.3 Å². The van der Waals surface area contributed by atoms with Crippen LogP contribution in [0.1, 0.15) is 5.56 Å². The lowest BCUT2D eigenvalue weighted by Gasteiger charge is -2.19. The molecule has 1 N–H and O–H groups in total. The predicted octanol–water partition coefficient (Wildman–Crippen LogP) is 1.76. The first-order valence-electron chi connectivity index (χ1n) is 7.69. The molecule has 2 aromatic carbocycles. The second-order valence-corrected chi connectivity index (χ2v) is 7.72. The molecule has 2 heterocycles. The molecule has 0 unspecified atom stereocenters. The van der Waals surface area contributed by atoms with Gasteiger partial charge in [0.2, 0.25) is 0 Å². The highest BCUT2D eigenvalue weighted by molar-refractivity contribution is 7.90. The molecule has 2 aliphatic rings. The fraction of sp³-hybridized carbons (Fsp3) is 0.235. The molecule has 0 aromatic heterocycles. The minimum atomic E-state index is -3.59. The maximum Gasteiger partial charge on any atom is 0.262 e. The maximum absolute atomic E-state index is 12.7. The standard InChI is InChI=1S/C17H15NO6S/c19-17-9-24-14-4-2-12(8-13(14)18-17)25(20,21)10-11-1-3-15-16(7-11)23-6-5-22-15/h1-4,7-8H,5-6,9-10H2,(H,18,19). The molecule has 7 nitrogen and oxygen atoms in total. The average molecular weight is 361 g/mol. The van der Waals surface area contributed by atoms with E-state index in [1.54, 1.807) is 24.3 Å². The third-order valence-electron chi connectivity index (χ3n) is 3.91. The summed E-state index contributed by atoms with van der Waals surface area (Å²) in [5.41, 5.74) is 0.960. The van der Waals surface area contributed by atoms with Gasteiger partial charge in [0.15, 0.2) is 27.9 Å². The van der Waals surface area contributed by atoms with Gasteiger partial charge in [-0.05, 0) is 35.9 Å². The molecule has 0 bridgehead atoms. The first kappa shape index (κ1) is 15.8. The zero-order valence-electron chi connectivity index (χ0n) is 13.2. The molecule has 0 atom stereocenters. The number of fused-ring (bicyclic) bond motifs is 2. The predicted molar refractivity (Wildman–Crippen MR) is 88.9 cm³/mol. The van der Waals surface area contributed by atoms with Crippen molar-refractivity contribution in [2.75, 3.05) is 25.1 Å². The highest BCUT2D eigenvalue weighted by atomic mass is 32.2. The molecule has 0 fully saturated rings. The number of hydrogen-bond acceptors (Lipinski definition) is 6. The Balaban J connectivity index is 1.62. The van der Waals surface area contributed by atoms with Crippen molar-refractivity contribution in [2.45, 2.75) is 10.6 Å². The van der Waals surface area contributed by atoms with E-state index in [2.05, 4.69) is 5.32 Å². The minimum absolute atomic E-state index is 0.0731. The number of benzene rings is 2. The number of anilines is 1. The van der Waals surface area contributed by atoms with Crippen LogP contribution in [0.4, 0.5) is 5.69 Å². The van der Waals surface area contributed by atoms with Gasteiger partial charge < -0.3 is 19.5 Å². The summed E-state index contributed by atoms with van der Waals surface area (Å²) in [6, 6.07) is 9.53. The van der Waals surface area contributed by atoms with E-state index in [-0.39, 0.29) is 23.2 Å². The van der Waals surface area contributed by atoms with Crippen molar-refractivity contribution in [2.24, 2.45) is 0 Å². The molecule has 2 aliphatic heterocycles. The maximum atomic E-state index is 12.7. The summed E-state index contributed by atoms with van der Waals surface area (Å²) in [6.45, 7) is 0.845. The van der Waals surface area contributed by atoms with E-state index in [0.717, 1.165) is 0 Å². The Morgan fingerprint density at radius 1 is 0.920 bits per heavy atom. The molecule has 25 heavy (non-hydrogen) atoms. The van der Waals surface area contributed by atoms with E-state index in [9.17, 15) is 13.2 Å².